The minimum Gasteiger partial charge on any atom is -0.481 e. The molecule has 0 saturated carbocycles. The minimum atomic E-state index is -1.81. The third kappa shape index (κ3) is 8.31. The molecule has 0 aliphatic heterocycles. The van der Waals surface area contributed by atoms with Crippen molar-refractivity contribution in [3.63, 3.8) is 0 Å². The standard InChI is InChI=1S/C25H49NO6/c1-7-8-9-10-11-12-13-14-15-16-17-25(23(31)32,26(4,5)6)24(22(29)30,18-20(2)27)19-21(3)28/h20-21,27-28H,7-19H2,1-6H3,(H-,29,30,31,32)/p+1. The first-order chi connectivity index (χ1) is 14.8. The molecule has 0 spiro atoms. The quantitative estimate of drug-likeness (QED) is 0.167. The fourth-order valence-corrected chi connectivity index (χ4v) is 5.46. The fourth-order valence-electron chi connectivity index (χ4n) is 5.46. The highest BCUT2D eigenvalue weighted by atomic mass is 16.4. The molecule has 0 heterocycles. The zero-order valence-electron chi connectivity index (χ0n) is 21.4. The lowest BCUT2D eigenvalue weighted by molar-refractivity contribution is -0.922. The normalized spacial score (nSPS) is 17.9. The maximum Gasteiger partial charge on any atom is 0.366 e. The van der Waals surface area contributed by atoms with Gasteiger partial charge < -0.3 is 24.9 Å². The molecule has 0 aromatic heterocycles. The van der Waals surface area contributed by atoms with Crippen molar-refractivity contribution >= 4 is 11.9 Å². The van der Waals surface area contributed by atoms with Crippen LogP contribution < -0.4 is 0 Å². The van der Waals surface area contributed by atoms with E-state index in [0.717, 1.165) is 19.3 Å². The second kappa shape index (κ2) is 14.2. The van der Waals surface area contributed by atoms with Gasteiger partial charge in [0.25, 0.3) is 0 Å². The Labute approximate surface area is 195 Å². The lowest BCUT2D eigenvalue weighted by atomic mass is 9.59. The van der Waals surface area contributed by atoms with Gasteiger partial charge in [-0.3, -0.25) is 4.79 Å². The second-order valence-corrected chi connectivity index (χ2v) is 10.6. The molecule has 0 fully saturated rings. The molecule has 7 heteroatoms. The summed E-state index contributed by atoms with van der Waals surface area (Å²) in [5, 5.41) is 41.1. The van der Waals surface area contributed by atoms with Crippen molar-refractivity contribution in [3.05, 3.63) is 0 Å². The van der Waals surface area contributed by atoms with Crippen molar-refractivity contribution < 1.29 is 34.5 Å². The first-order valence-electron chi connectivity index (χ1n) is 12.4. The maximum absolute atomic E-state index is 12.8. The molecule has 3 unspecified atom stereocenters. The Morgan fingerprint density at radius 3 is 1.38 bits per heavy atom. The molecule has 0 saturated heterocycles. The van der Waals surface area contributed by atoms with Crippen LogP contribution in [0.4, 0.5) is 0 Å². The van der Waals surface area contributed by atoms with Gasteiger partial charge in [-0.25, -0.2) is 4.79 Å². The Morgan fingerprint density at radius 2 is 1.09 bits per heavy atom. The van der Waals surface area contributed by atoms with Crippen LogP contribution >= 0.6 is 0 Å². The Balaban J connectivity index is 5.58. The van der Waals surface area contributed by atoms with Gasteiger partial charge in [0.05, 0.1) is 33.4 Å². The Hall–Kier alpha value is -1.18. The van der Waals surface area contributed by atoms with E-state index in [1.54, 1.807) is 21.1 Å². The summed E-state index contributed by atoms with van der Waals surface area (Å²) in [7, 11) is 5.10. The third-order valence-corrected chi connectivity index (χ3v) is 6.88. The molecule has 7 nitrogen and oxygen atoms in total. The van der Waals surface area contributed by atoms with Crippen molar-refractivity contribution in [2.24, 2.45) is 5.41 Å². The Morgan fingerprint density at radius 1 is 0.719 bits per heavy atom. The van der Waals surface area contributed by atoms with E-state index >= 15 is 0 Å². The molecule has 190 valence electrons. The summed E-state index contributed by atoms with van der Waals surface area (Å²) in [6.07, 6.45) is 8.67. The van der Waals surface area contributed by atoms with Crippen LogP contribution in [-0.2, 0) is 9.59 Å². The van der Waals surface area contributed by atoms with E-state index in [0.29, 0.717) is 6.42 Å². The summed E-state index contributed by atoms with van der Waals surface area (Å²) in [4.78, 5) is 25.5. The van der Waals surface area contributed by atoms with E-state index in [1.165, 1.54) is 52.4 Å². The van der Waals surface area contributed by atoms with Gasteiger partial charge in [0, 0.05) is 6.42 Å². The van der Waals surface area contributed by atoms with Crippen LogP contribution in [0.5, 0.6) is 0 Å². The van der Waals surface area contributed by atoms with Crippen LogP contribution in [0.25, 0.3) is 0 Å². The average Bonchev–Trinajstić information content (AvgIpc) is 2.63. The van der Waals surface area contributed by atoms with Gasteiger partial charge in [0.2, 0.25) is 5.54 Å². The number of likely N-dealkylation sites (N-methyl/N-ethyl adjacent to an activating group) is 1. The number of quaternary nitrogens is 1. The monoisotopic (exact) mass is 460 g/mol. The van der Waals surface area contributed by atoms with Crippen molar-refractivity contribution in [1.29, 1.82) is 0 Å². The lowest BCUT2D eigenvalue weighted by Gasteiger charge is -2.53. The van der Waals surface area contributed by atoms with Crippen LogP contribution in [0.15, 0.2) is 0 Å². The highest BCUT2D eigenvalue weighted by Crippen LogP contribution is 2.49. The van der Waals surface area contributed by atoms with Crippen LogP contribution in [-0.4, -0.2) is 75.7 Å². The van der Waals surface area contributed by atoms with Crippen molar-refractivity contribution in [1.82, 2.24) is 0 Å². The summed E-state index contributed by atoms with van der Waals surface area (Å²) >= 11 is 0. The van der Waals surface area contributed by atoms with Crippen LogP contribution in [0.3, 0.4) is 0 Å². The summed E-state index contributed by atoms with van der Waals surface area (Å²) in [5.41, 5.74) is -3.49. The molecule has 0 aromatic carbocycles. The first kappa shape index (κ1) is 30.8. The van der Waals surface area contributed by atoms with Gasteiger partial charge in [-0.05, 0) is 33.1 Å². The van der Waals surface area contributed by atoms with E-state index in [9.17, 15) is 30.0 Å². The number of hydrogen-bond donors (Lipinski definition) is 4. The van der Waals surface area contributed by atoms with E-state index in [-0.39, 0.29) is 23.7 Å². The Kier molecular flexibility index (Phi) is 13.6. The molecule has 0 amide bonds. The number of carboxylic acid groups (broad SMARTS) is 2. The fraction of sp³-hybridized carbons (Fsp3) is 0.920. The minimum absolute atomic E-state index is 0.106. The molecule has 0 radical (unpaired) electrons. The number of aliphatic carboxylic acids is 2. The van der Waals surface area contributed by atoms with Gasteiger partial charge in [-0.15, -0.1) is 0 Å². The molecule has 3 atom stereocenters. The van der Waals surface area contributed by atoms with Crippen LogP contribution in [0.2, 0.25) is 0 Å². The zero-order valence-corrected chi connectivity index (χ0v) is 21.4. The number of aliphatic hydroxyl groups excluding tert-OH is 2. The number of rotatable bonds is 19. The number of aliphatic hydroxyl groups is 2. The summed E-state index contributed by atoms with van der Waals surface area (Å²) in [5.74, 6) is -2.47. The highest BCUT2D eigenvalue weighted by Gasteiger charge is 2.69. The molecule has 4 N–H and O–H groups in total. The van der Waals surface area contributed by atoms with Crippen LogP contribution in [0, 0.1) is 5.41 Å². The van der Waals surface area contributed by atoms with Crippen LogP contribution in [0.1, 0.15) is 104 Å². The zero-order chi connectivity index (χ0) is 25.0. The maximum atomic E-state index is 12.8. The van der Waals surface area contributed by atoms with Gasteiger partial charge in [0.1, 0.15) is 5.41 Å². The Bertz CT molecular complexity index is 545. The molecular weight excluding hydrogens is 410 g/mol. The molecule has 0 bridgehead atoms. The predicted octanol–water partition coefficient (Wildman–Crippen LogP) is 4.44. The number of carbonyl (C=O) groups is 2. The number of unbranched alkanes of at least 4 members (excludes halogenated alkanes) is 9. The van der Waals surface area contributed by atoms with Gasteiger partial charge in [-0.2, -0.15) is 0 Å². The van der Waals surface area contributed by atoms with Gasteiger partial charge in [0.15, 0.2) is 0 Å². The van der Waals surface area contributed by atoms with E-state index in [1.807, 2.05) is 0 Å². The average molecular weight is 461 g/mol. The SMILES string of the molecule is CCCCCCCCCCCCC(C(=O)O)(C(CC(C)O)(CC(C)O)C(=O)O)[N+](C)(C)C. The van der Waals surface area contributed by atoms with Crippen molar-refractivity contribution in [2.45, 2.75) is 122 Å². The molecule has 0 aliphatic carbocycles. The van der Waals surface area contributed by atoms with Gasteiger partial charge >= 0.3 is 11.9 Å². The van der Waals surface area contributed by atoms with Crippen molar-refractivity contribution in [3.8, 4) is 0 Å². The highest BCUT2D eigenvalue weighted by molar-refractivity contribution is 5.89. The summed E-state index contributed by atoms with van der Waals surface area (Å²) in [6, 6.07) is 0. The molecule has 0 aliphatic rings. The van der Waals surface area contributed by atoms with E-state index in [4.69, 9.17) is 0 Å². The van der Waals surface area contributed by atoms with E-state index < -0.39 is 35.1 Å². The number of hydrogen-bond acceptors (Lipinski definition) is 4. The molecule has 0 rings (SSSR count). The molecule has 0 aromatic rings. The third-order valence-electron chi connectivity index (χ3n) is 6.88. The number of carboxylic acids is 2. The topological polar surface area (TPSA) is 115 Å². The predicted molar refractivity (Wildman–Crippen MR) is 128 cm³/mol. The van der Waals surface area contributed by atoms with Gasteiger partial charge in [-0.1, -0.05) is 64.7 Å². The first-order valence-corrected chi connectivity index (χ1v) is 12.4. The largest absolute Gasteiger partial charge is 0.481 e. The smallest absolute Gasteiger partial charge is 0.366 e. The van der Waals surface area contributed by atoms with Crippen molar-refractivity contribution in [2.75, 3.05) is 21.1 Å². The number of nitrogens with zero attached hydrogens (tertiary/aromatic N) is 1. The lowest BCUT2D eigenvalue weighted by Crippen LogP contribution is -2.73. The molecule has 32 heavy (non-hydrogen) atoms. The van der Waals surface area contributed by atoms with E-state index in [2.05, 4.69) is 6.92 Å². The molecular formula is C25H50NO6+. The summed E-state index contributed by atoms with van der Waals surface area (Å²) in [6.45, 7) is 5.15. The summed E-state index contributed by atoms with van der Waals surface area (Å²) < 4.78 is -0.106. The second-order valence-electron chi connectivity index (χ2n) is 10.6.